The number of esters is 2. The first kappa shape index (κ1) is 29.9. The van der Waals surface area contributed by atoms with E-state index in [2.05, 4.69) is 25.6 Å². The van der Waals surface area contributed by atoms with Crippen LogP contribution in [-0.2, 0) is 33.2 Å². The number of imidazole rings is 1. The van der Waals surface area contributed by atoms with E-state index in [0.717, 1.165) is 22.3 Å². The summed E-state index contributed by atoms with van der Waals surface area (Å²) in [5.41, 5.74) is 1.50. The van der Waals surface area contributed by atoms with E-state index in [9.17, 15) is 14.7 Å². The highest BCUT2D eigenvalue weighted by atomic mass is 32.2. The lowest BCUT2D eigenvalue weighted by molar-refractivity contribution is -0.157. The minimum Gasteiger partial charge on any atom is -0.456 e. The first-order valence-corrected chi connectivity index (χ1v) is 14.1. The quantitative estimate of drug-likeness (QED) is 0.195. The van der Waals surface area contributed by atoms with Crippen molar-refractivity contribution in [1.82, 2.24) is 30.2 Å². The number of rotatable bonds is 10. The topological polar surface area (TPSA) is 145 Å². The maximum atomic E-state index is 13.3. The number of carbonyl (C=O) groups is 2. The number of carbonyl (C=O) groups excluding carboxylic acids is 2. The van der Waals surface area contributed by atoms with Crippen molar-refractivity contribution in [3.05, 3.63) is 65.5 Å². The molecule has 4 aromatic rings. The molecule has 0 bridgehead atoms. The van der Waals surface area contributed by atoms with Crippen LogP contribution in [0.5, 0.6) is 0 Å². The van der Waals surface area contributed by atoms with Crippen molar-refractivity contribution in [2.24, 2.45) is 5.41 Å². The van der Waals surface area contributed by atoms with Crippen LogP contribution in [0.4, 0.5) is 0 Å². The molecule has 2 N–H and O–H groups in total. The summed E-state index contributed by atoms with van der Waals surface area (Å²) < 4.78 is 12.7. The van der Waals surface area contributed by atoms with E-state index < -0.39 is 23.0 Å². The van der Waals surface area contributed by atoms with Crippen LogP contribution in [0.1, 0.15) is 63.3 Å². The molecule has 0 atom stereocenters. The van der Waals surface area contributed by atoms with Gasteiger partial charge >= 0.3 is 11.9 Å². The molecule has 0 radical (unpaired) electrons. The summed E-state index contributed by atoms with van der Waals surface area (Å²) in [6, 6.07) is 15.3. The highest BCUT2D eigenvalue weighted by Gasteiger charge is 2.34. The fourth-order valence-electron chi connectivity index (χ4n) is 4.10. The second kappa shape index (κ2) is 12.2. The molecule has 2 aromatic carbocycles. The molecule has 11 nitrogen and oxygen atoms in total. The Morgan fingerprint density at radius 3 is 2.27 bits per heavy atom. The Labute approximate surface area is 242 Å². The first-order valence-electron chi connectivity index (χ1n) is 13.1. The van der Waals surface area contributed by atoms with Gasteiger partial charge in [-0.15, -0.1) is 10.2 Å². The standard InChI is InChI=1S/C29H34N6O5S/c1-7-41-27-30-22(23(29(5,6)38)35(27)17-40-26(37)28(2,3)4)25(36)39-16-18-12-14-19(15-13-18)20-10-8-9-11-21(20)24-31-33-34-32-24/h8-15,38H,7,16-17H2,1-6H3,(H,31,32,33,34). The largest absolute Gasteiger partial charge is 0.456 e. The lowest BCUT2D eigenvalue weighted by atomic mass is 9.97. The summed E-state index contributed by atoms with van der Waals surface area (Å²) in [5.74, 6) is 0.0569. The zero-order valence-electron chi connectivity index (χ0n) is 24.0. The molecular formula is C29H34N6O5S. The van der Waals surface area contributed by atoms with E-state index in [-0.39, 0.29) is 24.7 Å². The number of tetrazole rings is 1. The molecule has 0 saturated carbocycles. The molecule has 216 valence electrons. The normalized spacial score (nSPS) is 11.9. The molecule has 41 heavy (non-hydrogen) atoms. The van der Waals surface area contributed by atoms with Crippen LogP contribution in [0, 0.1) is 5.41 Å². The lowest BCUT2D eigenvalue weighted by Crippen LogP contribution is -2.28. The third-order valence-corrected chi connectivity index (χ3v) is 6.92. The molecule has 0 unspecified atom stereocenters. The maximum absolute atomic E-state index is 13.3. The number of aromatic amines is 1. The Morgan fingerprint density at radius 1 is 1.00 bits per heavy atom. The highest BCUT2D eigenvalue weighted by molar-refractivity contribution is 7.99. The third-order valence-electron chi connectivity index (χ3n) is 6.06. The Hall–Kier alpha value is -4.03. The Kier molecular flexibility index (Phi) is 8.93. The Balaban J connectivity index is 1.54. The van der Waals surface area contributed by atoms with Crippen molar-refractivity contribution in [2.75, 3.05) is 5.75 Å². The van der Waals surface area contributed by atoms with E-state index >= 15 is 0 Å². The second-order valence-electron chi connectivity index (χ2n) is 10.9. The molecule has 2 heterocycles. The van der Waals surface area contributed by atoms with Crippen LogP contribution in [0.3, 0.4) is 0 Å². The van der Waals surface area contributed by atoms with Crippen LogP contribution in [0.15, 0.2) is 53.7 Å². The second-order valence-corrected chi connectivity index (χ2v) is 12.1. The van der Waals surface area contributed by atoms with Crippen LogP contribution >= 0.6 is 11.8 Å². The lowest BCUT2D eigenvalue weighted by Gasteiger charge is -2.23. The van der Waals surface area contributed by atoms with Crippen molar-refractivity contribution < 1.29 is 24.2 Å². The number of ether oxygens (including phenoxy) is 2. The van der Waals surface area contributed by atoms with Gasteiger partial charge in [0.25, 0.3) is 0 Å². The fraction of sp³-hybridized carbons (Fsp3) is 0.379. The van der Waals surface area contributed by atoms with Gasteiger partial charge in [0.05, 0.1) is 11.1 Å². The first-order chi connectivity index (χ1) is 19.4. The van der Waals surface area contributed by atoms with E-state index in [0.29, 0.717) is 16.7 Å². The monoisotopic (exact) mass is 578 g/mol. The SMILES string of the molecule is CCSc1nc(C(=O)OCc2ccc(-c3ccccc3-c3nn[nH]n3)cc2)c(C(C)(C)O)n1COC(=O)C(C)(C)C. The zero-order valence-corrected chi connectivity index (χ0v) is 24.8. The van der Waals surface area contributed by atoms with Gasteiger partial charge in [-0.05, 0) is 62.3 Å². The molecule has 0 saturated heterocycles. The van der Waals surface area contributed by atoms with Gasteiger partial charge in [-0.2, -0.15) is 5.21 Å². The number of aromatic nitrogens is 6. The summed E-state index contributed by atoms with van der Waals surface area (Å²) >= 11 is 1.37. The number of hydrogen-bond donors (Lipinski definition) is 2. The van der Waals surface area contributed by atoms with Gasteiger partial charge in [-0.1, -0.05) is 67.2 Å². The van der Waals surface area contributed by atoms with Gasteiger partial charge in [0.15, 0.2) is 17.6 Å². The Morgan fingerprint density at radius 2 is 1.68 bits per heavy atom. The number of hydrogen-bond acceptors (Lipinski definition) is 10. The number of thioether (sulfide) groups is 1. The van der Waals surface area contributed by atoms with Gasteiger partial charge in [0.1, 0.15) is 12.2 Å². The molecular weight excluding hydrogens is 544 g/mol. The van der Waals surface area contributed by atoms with Crippen LogP contribution in [0.25, 0.3) is 22.5 Å². The molecule has 0 fully saturated rings. The predicted molar refractivity (Wildman–Crippen MR) is 154 cm³/mol. The van der Waals surface area contributed by atoms with E-state index in [1.54, 1.807) is 39.2 Å². The summed E-state index contributed by atoms with van der Waals surface area (Å²) in [5, 5.41) is 25.7. The number of nitrogens with zero attached hydrogens (tertiary/aromatic N) is 5. The van der Waals surface area contributed by atoms with Crippen LogP contribution in [0.2, 0.25) is 0 Å². The summed E-state index contributed by atoms with van der Waals surface area (Å²) in [7, 11) is 0. The molecule has 0 aliphatic rings. The molecule has 12 heteroatoms. The number of aliphatic hydroxyl groups is 1. The van der Waals surface area contributed by atoms with Crippen LogP contribution < -0.4 is 0 Å². The van der Waals surface area contributed by atoms with Gasteiger partial charge in [-0.25, -0.2) is 9.78 Å². The maximum Gasteiger partial charge on any atom is 0.359 e. The van der Waals surface area contributed by atoms with Gasteiger partial charge < -0.3 is 14.6 Å². The minimum atomic E-state index is -1.46. The highest BCUT2D eigenvalue weighted by Crippen LogP contribution is 2.32. The van der Waals surface area contributed by atoms with Crippen LogP contribution in [-0.4, -0.2) is 53.0 Å². The van der Waals surface area contributed by atoms with Crippen molar-refractivity contribution in [3.8, 4) is 22.5 Å². The average Bonchev–Trinajstić information content (AvgIpc) is 3.59. The van der Waals surface area contributed by atoms with Gasteiger partial charge in [0, 0.05) is 5.56 Å². The fourth-order valence-corrected chi connectivity index (χ4v) is 4.81. The predicted octanol–water partition coefficient (Wildman–Crippen LogP) is 4.97. The third kappa shape index (κ3) is 7.01. The molecule has 0 aliphatic carbocycles. The van der Waals surface area contributed by atoms with E-state index in [4.69, 9.17) is 9.47 Å². The van der Waals surface area contributed by atoms with Gasteiger partial charge in [-0.3, -0.25) is 9.36 Å². The van der Waals surface area contributed by atoms with E-state index in [1.807, 2.05) is 55.5 Å². The minimum absolute atomic E-state index is 0.000969. The summed E-state index contributed by atoms with van der Waals surface area (Å²) in [4.78, 5) is 30.2. The molecule has 0 spiro atoms. The molecule has 0 aliphatic heterocycles. The van der Waals surface area contributed by atoms with Crippen molar-refractivity contribution in [2.45, 2.75) is 65.6 Å². The van der Waals surface area contributed by atoms with Crippen molar-refractivity contribution >= 4 is 23.7 Å². The Bertz CT molecular complexity index is 1500. The van der Waals surface area contributed by atoms with E-state index in [1.165, 1.54) is 11.8 Å². The molecule has 0 amide bonds. The number of nitrogens with one attached hydrogen (secondary N) is 1. The summed E-state index contributed by atoms with van der Waals surface area (Å²) in [6.45, 7) is 10.1. The smallest absolute Gasteiger partial charge is 0.359 e. The molecule has 4 rings (SSSR count). The summed E-state index contributed by atoms with van der Waals surface area (Å²) in [6.07, 6.45) is 0. The van der Waals surface area contributed by atoms with Gasteiger partial charge in [0.2, 0.25) is 5.82 Å². The van der Waals surface area contributed by atoms with Crippen molar-refractivity contribution in [1.29, 1.82) is 0 Å². The van der Waals surface area contributed by atoms with Crippen molar-refractivity contribution in [3.63, 3.8) is 0 Å². The average molecular weight is 579 g/mol. The zero-order chi connectivity index (χ0) is 29.8. The molecule has 2 aromatic heterocycles. The number of H-pyrrole nitrogens is 1. The number of benzene rings is 2.